The van der Waals surface area contributed by atoms with Crippen LogP contribution in [0.2, 0.25) is 5.02 Å². The van der Waals surface area contributed by atoms with Crippen molar-refractivity contribution < 1.29 is 27.1 Å². The lowest BCUT2D eigenvalue weighted by atomic mass is 9.99. The molecular formula is C34H30ClF2N5O5S. The van der Waals surface area contributed by atoms with Crippen molar-refractivity contribution in [3.05, 3.63) is 69.0 Å². The number of piperazine rings is 1. The number of benzene rings is 2. The number of carbonyl (C=O) groups is 1. The number of sulfone groups is 1. The molecule has 0 radical (unpaired) electrons. The molecule has 2 aromatic heterocycles. The van der Waals surface area contributed by atoms with E-state index >= 15 is 8.78 Å². The van der Waals surface area contributed by atoms with Gasteiger partial charge in [-0.25, -0.2) is 27.2 Å². The lowest BCUT2D eigenvalue weighted by Crippen LogP contribution is -2.49. The van der Waals surface area contributed by atoms with Gasteiger partial charge < -0.3 is 14.9 Å². The van der Waals surface area contributed by atoms with Crippen molar-refractivity contribution in [3.8, 4) is 34.4 Å². The van der Waals surface area contributed by atoms with Gasteiger partial charge in [-0.15, -0.1) is 0 Å². The molecule has 3 fully saturated rings. The van der Waals surface area contributed by atoms with Gasteiger partial charge in [-0.1, -0.05) is 23.6 Å². The van der Waals surface area contributed by atoms with E-state index in [1.54, 1.807) is 11.8 Å². The van der Waals surface area contributed by atoms with Gasteiger partial charge in [0.15, 0.2) is 20.5 Å². The average Bonchev–Trinajstić information content (AvgIpc) is 3.96. The van der Waals surface area contributed by atoms with Crippen molar-refractivity contribution >= 4 is 43.9 Å². The van der Waals surface area contributed by atoms with E-state index in [-0.39, 0.29) is 65.3 Å². The van der Waals surface area contributed by atoms with E-state index in [0.717, 1.165) is 42.6 Å². The Morgan fingerprint density at radius 3 is 2.17 bits per heavy atom. The molecule has 2 saturated carbocycles. The van der Waals surface area contributed by atoms with Crippen molar-refractivity contribution in [2.45, 2.75) is 49.3 Å². The number of carbonyl (C=O) groups excluding carboxylic acids is 1. The molecule has 10 nitrogen and oxygen atoms in total. The van der Waals surface area contributed by atoms with E-state index < -0.39 is 54.7 Å². The lowest BCUT2D eigenvalue weighted by molar-refractivity contribution is -0.125. The fraction of sp³-hybridized carbons (Fsp3) is 0.353. The van der Waals surface area contributed by atoms with Crippen molar-refractivity contribution in [3.63, 3.8) is 0 Å². The maximum atomic E-state index is 17.4. The first-order valence-electron chi connectivity index (χ1n) is 15.5. The molecule has 1 saturated heterocycles. The number of anilines is 1. The van der Waals surface area contributed by atoms with E-state index in [2.05, 4.69) is 21.8 Å². The summed E-state index contributed by atoms with van der Waals surface area (Å²) in [5.74, 6) is 1.92. The molecule has 2 aromatic carbocycles. The first-order chi connectivity index (χ1) is 22.9. The molecule has 48 heavy (non-hydrogen) atoms. The summed E-state index contributed by atoms with van der Waals surface area (Å²) in [4.78, 5) is 38.9. The number of halogens is 3. The molecule has 1 amide bonds. The summed E-state index contributed by atoms with van der Waals surface area (Å²) in [7, 11) is -4.29. The van der Waals surface area contributed by atoms with E-state index in [1.807, 2.05) is 0 Å². The van der Waals surface area contributed by atoms with Gasteiger partial charge in [-0.2, -0.15) is 0 Å². The smallest absolute Gasteiger partial charge is 0.298 e. The number of amides is 1. The Morgan fingerprint density at radius 1 is 1.00 bits per heavy atom. The van der Waals surface area contributed by atoms with Crippen molar-refractivity contribution in [2.24, 2.45) is 0 Å². The highest BCUT2D eigenvalue weighted by Gasteiger charge is 2.39. The number of pyridine rings is 1. The lowest BCUT2D eigenvalue weighted by Gasteiger charge is -2.37. The monoisotopic (exact) mass is 693 g/mol. The number of fused-ring (bicyclic) bond motifs is 1. The zero-order valence-electron chi connectivity index (χ0n) is 26.1. The predicted molar refractivity (Wildman–Crippen MR) is 176 cm³/mol. The summed E-state index contributed by atoms with van der Waals surface area (Å²) in [5.41, 5.74) is -1.23. The van der Waals surface area contributed by atoms with Gasteiger partial charge in [0.05, 0.1) is 38.9 Å². The van der Waals surface area contributed by atoms with E-state index in [0.29, 0.717) is 11.4 Å². The minimum Gasteiger partial charge on any atom is -0.507 e. The third-order valence-electron chi connectivity index (χ3n) is 9.04. The number of hydrogen-bond donors (Lipinski definition) is 1. The highest BCUT2D eigenvalue weighted by atomic mass is 35.5. The van der Waals surface area contributed by atoms with Crippen LogP contribution in [0.15, 0.2) is 40.3 Å². The third-order valence-corrected chi connectivity index (χ3v) is 10.4. The average molecular weight is 694 g/mol. The molecule has 248 valence electrons. The summed E-state index contributed by atoms with van der Waals surface area (Å²) in [6, 6.07) is 4.80. The molecule has 1 N–H and O–H groups in total. The molecule has 2 aliphatic carbocycles. The standard InChI is InChI=1S/C34H30ClF2N5O5S/c1-3-5-24(44)40-12-14-41(15-13-40)31-20-16-21(35)25(26-22(36)6-4-7-23(26)43)27(37)30(20)42(34(45)33(31)48(2,46)47)32-28(18-8-9-18)38-17-39-29(32)19-10-11-19/h4,6-7,16-19,43H,8-15H2,1-2H3. The predicted octanol–water partition coefficient (Wildman–Crippen LogP) is 4.92. The Hall–Kier alpha value is -4.54. The minimum absolute atomic E-state index is 0.0161. The van der Waals surface area contributed by atoms with Crippen LogP contribution in [0.4, 0.5) is 14.5 Å². The van der Waals surface area contributed by atoms with Crippen molar-refractivity contribution in [1.82, 2.24) is 19.4 Å². The van der Waals surface area contributed by atoms with Gasteiger partial charge >= 0.3 is 0 Å². The maximum Gasteiger partial charge on any atom is 0.298 e. The molecule has 4 aromatic rings. The molecule has 0 bridgehead atoms. The molecule has 7 rings (SSSR count). The van der Waals surface area contributed by atoms with E-state index in [9.17, 15) is 23.1 Å². The zero-order chi connectivity index (χ0) is 34.1. The molecule has 0 unspecified atom stereocenters. The second-order valence-corrected chi connectivity index (χ2v) is 14.7. The van der Waals surface area contributed by atoms with Crippen LogP contribution < -0.4 is 10.5 Å². The molecule has 14 heteroatoms. The van der Waals surface area contributed by atoms with Crippen LogP contribution in [-0.4, -0.2) is 71.3 Å². The molecule has 3 heterocycles. The highest BCUT2D eigenvalue weighted by molar-refractivity contribution is 7.90. The van der Waals surface area contributed by atoms with Gasteiger partial charge in [-0.3, -0.25) is 14.2 Å². The number of aromatic nitrogens is 3. The number of phenolic OH excluding ortho intramolecular Hbond substituents is 1. The van der Waals surface area contributed by atoms with Gasteiger partial charge in [0.25, 0.3) is 11.5 Å². The topological polar surface area (TPSA) is 126 Å². The summed E-state index contributed by atoms with van der Waals surface area (Å²) >= 11 is 6.72. The first-order valence-corrected chi connectivity index (χ1v) is 17.8. The van der Waals surface area contributed by atoms with Crippen LogP contribution in [0.25, 0.3) is 27.7 Å². The number of phenols is 1. The SMILES string of the molecule is CC#CC(=O)N1CCN(c2c(S(C)(=O)=O)c(=O)n(-c3c(C4CC4)ncnc3C3CC3)c3c(F)c(-c4c(O)cccc4F)c(Cl)cc23)CC1. The van der Waals surface area contributed by atoms with Crippen LogP contribution in [0.1, 0.15) is 55.8 Å². The Labute approximate surface area is 279 Å². The Bertz CT molecular complexity index is 2220. The van der Waals surface area contributed by atoms with Gasteiger partial charge in [-0.05, 0) is 56.7 Å². The molecule has 1 aliphatic heterocycles. The third kappa shape index (κ3) is 5.37. The van der Waals surface area contributed by atoms with Gasteiger partial charge in [0.1, 0.15) is 17.9 Å². The van der Waals surface area contributed by atoms with Gasteiger partial charge in [0.2, 0.25) is 0 Å². The normalized spacial score (nSPS) is 16.6. The Kier molecular flexibility index (Phi) is 7.91. The molecular weight excluding hydrogens is 664 g/mol. The second-order valence-electron chi connectivity index (χ2n) is 12.4. The second kappa shape index (κ2) is 11.9. The van der Waals surface area contributed by atoms with Gasteiger partial charge in [0, 0.05) is 55.2 Å². The van der Waals surface area contributed by atoms with Crippen LogP contribution in [0, 0.1) is 23.5 Å². The number of aromatic hydroxyl groups is 1. The Balaban J connectivity index is 1.61. The fourth-order valence-electron chi connectivity index (χ4n) is 6.55. The van der Waals surface area contributed by atoms with Crippen LogP contribution >= 0.6 is 11.6 Å². The fourth-order valence-corrected chi connectivity index (χ4v) is 7.84. The van der Waals surface area contributed by atoms with E-state index in [4.69, 9.17) is 11.6 Å². The molecule has 3 aliphatic rings. The highest BCUT2D eigenvalue weighted by Crippen LogP contribution is 2.49. The first kappa shape index (κ1) is 32.0. The largest absolute Gasteiger partial charge is 0.507 e. The summed E-state index contributed by atoms with van der Waals surface area (Å²) in [6.45, 7) is 2.05. The number of rotatable bonds is 6. The summed E-state index contributed by atoms with van der Waals surface area (Å²) in [6.07, 6.45) is 5.40. The van der Waals surface area contributed by atoms with Crippen molar-refractivity contribution in [1.29, 1.82) is 0 Å². The zero-order valence-corrected chi connectivity index (χ0v) is 27.6. The summed E-state index contributed by atoms with van der Waals surface area (Å²) in [5, 5.41) is 10.4. The molecule has 0 atom stereocenters. The summed E-state index contributed by atoms with van der Waals surface area (Å²) < 4.78 is 61.1. The quantitative estimate of drug-likeness (QED) is 0.283. The van der Waals surface area contributed by atoms with E-state index in [1.165, 1.54) is 29.4 Å². The van der Waals surface area contributed by atoms with Crippen LogP contribution in [-0.2, 0) is 14.6 Å². The maximum absolute atomic E-state index is 17.4. The number of hydrogen-bond acceptors (Lipinski definition) is 8. The van der Waals surface area contributed by atoms with Crippen LogP contribution in [0.5, 0.6) is 5.75 Å². The number of nitrogens with zero attached hydrogens (tertiary/aromatic N) is 5. The van der Waals surface area contributed by atoms with Crippen LogP contribution in [0.3, 0.4) is 0 Å². The molecule has 0 spiro atoms. The Morgan fingerprint density at radius 2 is 1.62 bits per heavy atom. The van der Waals surface area contributed by atoms with Crippen molar-refractivity contribution in [2.75, 3.05) is 37.3 Å². The minimum atomic E-state index is -4.29.